The van der Waals surface area contributed by atoms with Gasteiger partial charge in [-0.1, -0.05) is 0 Å². The molecule has 16 heavy (non-hydrogen) atoms. The molecule has 1 aliphatic carbocycles. The first-order chi connectivity index (χ1) is 7.64. The number of aliphatic carboxylic acids is 1. The molecule has 0 bridgehead atoms. The molecule has 94 valence electrons. The maximum atomic E-state index is 11.3. The Bertz CT molecular complexity index is 230. The number of aliphatic hydroxyl groups excluding tert-OH is 1. The summed E-state index contributed by atoms with van der Waals surface area (Å²) in [5.74, 6) is -0.924. The van der Waals surface area contributed by atoms with E-state index in [-0.39, 0.29) is 19.3 Å². The van der Waals surface area contributed by atoms with Crippen LogP contribution in [0.25, 0.3) is 0 Å². The number of aliphatic hydroxyl groups is 1. The normalized spacial score (nSPS) is 30.2. The minimum absolute atomic E-state index is 0.0173. The summed E-state index contributed by atoms with van der Waals surface area (Å²) < 4.78 is 10.7. The Morgan fingerprint density at radius 2 is 2.31 bits per heavy atom. The Morgan fingerprint density at radius 3 is 2.88 bits per heavy atom. The highest BCUT2D eigenvalue weighted by Crippen LogP contribution is 2.33. The molecule has 1 fully saturated rings. The van der Waals surface area contributed by atoms with Crippen molar-refractivity contribution in [2.75, 3.05) is 20.3 Å². The third-order valence-corrected chi connectivity index (χ3v) is 3.07. The number of carbonyl (C=O) groups is 1. The molecule has 2 unspecified atom stereocenters. The molecule has 0 radical (unpaired) electrons. The van der Waals surface area contributed by atoms with Crippen LogP contribution in [0.15, 0.2) is 0 Å². The summed E-state index contributed by atoms with van der Waals surface area (Å²) in [5, 5.41) is 17.9. The Labute approximate surface area is 95.4 Å². The monoisotopic (exact) mass is 232 g/mol. The molecule has 0 heterocycles. The molecule has 0 aromatic heterocycles. The van der Waals surface area contributed by atoms with Gasteiger partial charge in [-0.3, -0.25) is 0 Å². The maximum absolute atomic E-state index is 11.3. The number of rotatable bonds is 6. The molecule has 2 N–H and O–H groups in total. The van der Waals surface area contributed by atoms with Crippen molar-refractivity contribution in [2.45, 2.75) is 43.8 Å². The lowest BCUT2D eigenvalue weighted by molar-refractivity contribution is -0.177. The van der Waals surface area contributed by atoms with E-state index in [4.69, 9.17) is 14.6 Å². The smallest absolute Gasteiger partial charge is 0.336 e. The topological polar surface area (TPSA) is 76.0 Å². The Hall–Kier alpha value is -0.650. The first kappa shape index (κ1) is 13.4. The zero-order chi connectivity index (χ0) is 12.0. The van der Waals surface area contributed by atoms with Gasteiger partial charge in [0.15, 0.2) is 5.60 Å². The second-order valence-electron chi connectivity index (χ2n) is 4.18. The van der Waals surface area contributed by atoms with Crippen LogP contribution in [0.5, 0.6) is 0 Å². The van der Waals surface area contributed by atoms with Crippen LogP contribution in [0.4, 0.5) is 0 Å². The van der Waals surface area contributed by atoms with Gasteiger partial charge in [-0.05, 0) is 25.7 Å². The highest BCUT2D eigenvalue weighted by Gasteiger charge is 2.44. The van der Waals surface area contributed by atoms with Gasteiger partial charge in [0.2, 0.25) is 0 Å². The van der Waals surface area contributed by atoms with Gasteiger partial charge >= 0.3 is 5.97 Å². The first-order valence-electron chi connectivity index (χ1n) is 5.65. The summed E-state index contributed by atoms with van der Waals surface area (Å²) in [6.07, 6.45) is 3.02. The zero-order valence-electron chi connectivity index (χ0n) is 9.65. The summed E-state index contributed by atoms with van der Waals surface area (Å²) in [6, 6.07) is 0. The van der Waals surface area contributed by atoms with E-state index in [0.717, 1.165) is 12.8 Å². The molecule has 5 heteroatoms. The van der Waals surface area contributed by atoms with E-state index in [1.54, 1.807) is 7.11 Å². The van der Waals surface area contributed by atoms with E-state index in [1.165, 1.54) is 0 Å². The van der Waals surface area contributed by atoms with Crippen molar-refractivity contribution < 1.29 is 24.5 Å². The molecule has 0 saturated heterocycles. The average Bonchev–Trinajstić information content (AvgIpc) is 2.29. The summed E-state index contributed by atoms with van der Waals surface area (Å²) in [7, 11) is 1.59. The predicted molar refractivity (Wildman–Crippen MR) is 57.3 cm³/mol. The highest BCUT2D eigenvalue weighted by molar-refractivity contribution is 5.77. The number of hydrogen-bond donors (Lipinski definition) is 2. The summed E-state index contributed by atoms with van der Waals surface area (Å²) in [6.45, 7) is 0.294. The quantitative estimate of drug-likeness (QED) is 0.662. The van der Waals surface area contributed by atoms with E-state index in [1.807, 2.05) is 0 Å². The lowest BCUT2D eigenvalue weighted by Crippen LogP contribution is -2.47. The van der Waals surface area contributed by atoms with Crippen molar-refractivity contribution in [1.29, 1.82) is 0 Å². The molecule has 5 nitrogen and oxygen atoms in total. The SMILES string of the molecule is COC1CCCC(OCCCO)(C(=O)O)C1. The van der Waals surface area contributed by atoms with Crippen LogP contribution >= 0.6 is 0 Å². The molecule has 1 rings (SSSR count). The van der Waals surface area contributed by atoms with Gasteiger partial charge in [0.05, 0.1) is 12.7 Å². The van der Waals surface area contributed by atoms with E-state index in [9.17, 15) is 9.90 Å². The molecule has 0 aliphatic heterocycles. The third kappa shape index (κ3) is 3.17. The van der Waals surface area contributed by atoms with Gasteiger partial charge in [-0.2, -0.15) is 0 Å². The van der Waals surface area contributed by atoms with Crippen LogP contribution in [0.1, 0.15) is 32.1 Å². The van der Waals surface area contributed by atoms with Crippen LogP contribution in [0.2, 0.25) is 0 Å². The number of carboxylic acid groups (broad SMARTS) is 1. The highest BCUT2D eigenvalue weighted by atomic mass is 16.5. The van der Waals surface area contributed by atoms with Gasteiger partial charge in [-0.15, -0.1) is 0 Å². The maximum Gasteiger partial charge on any atom is 0.336 e. The van der Waals surface area contributed by atoms with Gasteiger partial charge in [0.25, 0.3) is 0 Å². The molecular formula is C11H20O5. The van der Waals surface area contributed by atoms with Gasteiger partial charge in [0.1, 0.15) is 0 Å². The Morgan fingerprint density at radius 1 is 1.56 bits per heavy atom. The van der Waals surface area contributed by atoms with Crippen LogP contribution in [-0.4, -0.2) is 48.2 Å². The summed E-state index contributed by atoms with van der Waals surface area (Å²) in [5.41, 5.74) is -1.12. The van der Waals surface area contributed by atoms with E-state index >= 15 is 0 Å². The largest absolute Gasteiger partial charge is 0.479 e. The van der Waals surface area contributed by atoms with E-state index in [0.29, 0.717) is 19.3 Å². The summed E-state index contributed by atoms with van der Waals surface area (Å²) >= 11 is 0. The molecular weight excluding hydrogens is 212 g/mol. The van der Waals surface area contributed by atoms with Crippen molar-refractivity contribution in [3.63, 3.8) is 0 Å². The van der Waals surface area contributed by atoms with Crippen LogP contribution < -0.4 is 0 Å². The standard InChI is InChI=1S/C11H20O5/c1-15-9-4-2-5-11(8-9,10(13)14)16-7-3-6-12/h9,12H,2-8H2,1H3,(H,13,14). The lowest BCUT2D eigenvalue weighted by Gasteiger charge is -2.36. The average molecular weight is 232 g/mol. The van der Waals surface area contributed by atoms with E-state index in [2.05, 4.69) is 0 Å². The number of hydrogen-bond acceptors (Lipinski definition) is 4. The fourth-order valence-corrected chi connectivity index (χ4v) is 2.11. The van der Waals surface area contributed by atoms with Crippen molar-refractivity contribution in [2.24, 2.45) is 0 Å². The minimum Gasteiger partial charge on any atom is -0.479 e. The molecule has 0 amide bonds. The molecule has 2 atom stereocenters. The van der Waals surface area contributed by atoms with Crippen molar-refractivity contribution >= 4 is 5.97 Å². The van der Waals surface area contributed by atoms with Gasteiger partial charge < -0.3 is 19.7 Å². The van der Waals surface area contributed by atoms with Gasteiger partial charge in [-0.25, -0.2) is 4.79 Å². The fourth-order valence-electron chi connectivity index (χ4n) is 2.11. The number of ether oxygens (including phenoxy) is 2. The van der Waals surface area contributed by atoms with E-state index < -0.39 is 11.6 Å². The second kappa shape index (κ2) is 6.18. The predicted octanol–water partition coefficient (Wildman–Crippen LogP) is 0.798. The van der Waals surface area contributed by atoms with Crippen molar-refractivity contribution in [1.82, 2.24) is 0 Å². The Balaban J connectivity index is 2.60. The molecule has 0 aromatic carbocycles. The number of carboxylic acids is 1. The third-order valence-electron chi connectivity index (χ3n) is 3.07. The van der Waals surface area contributed by atoms with Crippen LogP contribution in [0.3, 0.4) is 0 Å². The zero-order valence-corrected chi connectivity index (χ0v) is 9.65. The second-order valence-corrected chi connectivity index (χ2v) is 4.18. The summed E-state index contributed by atoms with van der Waals surface area (Å²) in [4.78, 5) is 11.3. The molecule has 1 saturated carbocycles. The molecule has 0 aromatic rings. The van der Waals surface area contributed by atoms with Crippen LogP contribution in [0, 0.1) is 0 Å². The first-order valence-corrected chi connectivity index (χ1v) is 5.65. The Kier molecular flexibility index (Phi) is 5.18. The minimum atomic E-state index is -1.12. The van der Waals surface area contributed by atoms with Crippen molar-refractivity contribution in [3.8, 4) is 0 Å². The molecule has 0 spiro atoms. The fraction of sp³-hybridized carbons (Fsp3) is 0.909. The van der Waals surface area contributed by atoms with Crippen molar-refractivity contribution in [3.05, 3.63) is 0 Å². The van der Waals surface area contributed by atoms with Crippen LogP contribution in [-0.2, 0) is 14.3 Å². The van der Waals surface area contributed by atoms with Gasteiger partial charge in [0, 0.05) is 20.1 Å². The molecule has 1 aliphatic rings. The lowest BCUT2D eigenvalue weighted by atomic mass is 9.83. The number of methoxy groups -OCH3 is 1.